The molecule has 0 saturated heterocycles. The smallest absolute Gasteiger partial charge is 0.225 e. The Morgan fingerprint density at radius 2 is 1.93 bits per heavy atom. The van der Waals surface area contributed by atoms with Gasteiger partial charge in [-0.25, -0.2) is 4.98 Å². The van der Waals surface area contributed by atoms with Crippen molar-refractivity contribution in [1.82, 2.24) is 9.38 Å². The minimum Gasteiger partial charge on any atom is -0.496 e. The number of nitrogens with zero attached hydrogens (tertiary/aromatic N) is 2. The minimum atomic E-state index is 0.0232. The van der Waals surface area contributed by atoms with Crippen LogP contribution in [0, 0.1) is 6.92 Å². The van der Waals surface area contributed by atoms with E-state index in [1.807, 2.05) is 53.9 Å². The first-order valence-corrected chi connectivity index (χ1v) is 10.1. The van der Waals surface area contributed by atoms with Crippen molar-refractivity contribution in [2.45, 2.75) is 52.4 Å². The number of pyridine rings is 1. The predicted octanol–water partition coefficient (Wildman–Crippen LogP) is 5.62. The Labute approximate surface area is 166 Å². The second-order valence-electron chi connectivity index (χ2n) is 7.15. The zero-order valence-corrected chi connectivity index (χ0v) is 17.0. The Morgan fingerprint density at radius 1 is 1.14 bits per heavy atom. The molecule has 0 spiro atoms. The van der Waals surface area contributed by atoms with Crippen molar-refractivity contribution in [2.24, 2.45) is 0 Å². The van der Waals surface area contributed by atoms with Crippen LogP contribution in [0.2, 0.25) is 0 Å². The van der Waals surface area contributed by atoms with E-state index < -0.39 is 0 Å². The van der Waals surface area contributed by atoms with Gasteiger partial charge in [0, 0.05) is 18.2 Å². The monoisotopic (exact) mass is 379 g/mol. The molecule has 3 rings (SSSR count). The van der Waals surface area contributed by atoms with Crippen molar-refractivity contribution in [3.63, 3.8) is 0 Å². The van der Waals surface area contributed by atoms with E-state index in [0.717, 1.165) is 41.1 Å². The van der Waals surface area contributed by atoms with E-state index in [-0.39, 0.29) is 5.91 Å². The number of carbonyl (C=O) groups excluding carboxylic acids is 1. The highest BCUT2D eigenvalue weighted by Gasteiger charge is 2.19. The number of methoxy groups -OCH3 is 1. The van der Waals surface area contributed by atoms with Crippen LogP contribution in [0.4, 0.5) is 5.82 Å². The summed E-state index contributed by atoms with van der Waals surface area (Å²) in [6, 6.07) is 11.8. The predicted molar refractivity (Wildman–Crippen MR) is 114 cm³/mol. The van der Waals surface area contributed by atoms with Crippen molar-refractivity contribution in [3.8, 4) is 17.0 Å². The van der Waals surface area contributed by atoms with E-state index >= 15 is 0 Å². The summed E-state index contributed by atoms with van der Waals surface area (Å²) in [5.74, 6) is 1.45. The number of anilines is 1. The van der Waals surface area contributed by atoms with Crippen LogP contribution < -0.4 is 10.1 Å². The van der Waals surface area contributed by atoms with Crippen molar-refractivity contribution in [3.05, 3.63) is 48.2 Å². The summed E-state index contributed by atoms with van der Waals surface area (Å²) in [7, 11) is 1.65. The van der Waals surface area contributed by atoms with Crippen LogP contribution >= 0.6 is 0 Å². The third-order valence-electron chi connectivity index (χ3n) is 4.91. The molecule has 5 nitrogen and oxygen atoms in total. The molecule has 0 radical (unpaired) electrons. The quantitative estimate of drug-likeness (QED) is 0.491. The lowest BCUT2D eigenvalue weighted by molar-refractivity contribution is -0.116. The van der Waals surface area contributed by atoms with Gasteiger partial charge in [0.05, 0.1) is 7.11 Å². The summed E-state index contributed by atoms with van der Waals surface area (Å²) >= 11 is 0. The number of ether oxygens (including phenoxy) is 1. The Morgan fingerprint density at radius 3 is 2.71 bits per heavy atom. The Balaban J connectivity index is 1.90. The van der Waals surface area contributed by atoms with Crippen LogP contribution in [0.5, 0.6) is 5.75 Å². The molecule has 148 valence electrons. The third-order valence-corrected chi connectivity index (χ3v) is 4.91. The highest BCUT2D eigenvalue weighted by molar-refractivity contribution is 5.95. The first kappa shape index (κ1) is 19.9. The summed E-state index contributed by atoms with van der Waals surface area (Å²) in [5.41, 5.74) is 3.52. The summed E-state index contributed by atoms with van der Waals surface area (Å²) in [5, 5.41) is 3.10. The highest BCUT2D eigenvalue weighted by atomic mass is 16.5. The molecule has 1 N–H and O–H groups in total. The number of fused-ring (bicyclic) bond motifs is 1. The van der Waals surface area contributed by atoms with Gasteiger partial charge in [-0.05, 0) is 43.2 Å². The lowest BCUT2D eigenvalue weighted by atomic mass is 10.1. The molecule has 0 aliphatic carbocycles. The van der Waals surface area contributed by atoms with E-state index in [1.54, 1.807) is 7.11 Å². The van der Waals surface area contributed by atoms with Crippen LogP contribution in [0.15, 0.2) is 42.6 Å². The number of para-hydroxylation sites is 1. The van der Waals surface area contributed by atoms with Crippen molar-refractivity contribution in [1.29, 1.82) is 0 Å². The van der Waals surface area contributed by atoms with Crippen LogP contribution in [0.1, 0.15) is 51.0 Å². The molecule has 0 aliphatic heterocycles. The van der Waals surface area contributed by atoms with Gasteiger partial charge in [-0.15, -0.1) is 0 Å². The maximum Gasteiger partial charge on any atom is 0.225 e. The van der Waals surface area contributed by atoms with E-state index in [4.69, 9.17) is 9.72 Å². The molecular formula is C23H29N3O2. The highest BCUT2D eigenvalue weighted by Crippen LogP contribution is 2.35. The number of hydrogen-bond donors (Lipinski definition) is 1. The first-order chi connectivity index (χ1) is 13.6. The minimum absolute atomic E-state index is 0.0232. The van der Waals surface area contributed by atoms with Crippen LogP contribution in [0.3, 0.4) is 0 Å². The number of aromatic nitrogens is 2. The zero-order chi connectivity index (χ0) is 19.9. The molecular weight excluding hydrogens is 350 g/mol. The van der Waals surface area contributed by atoms with Gasteiger partial charge in [-0.2, -0.15) is 0 Å². The normalized spacial score (nSPS) is 11.0. The molecule has 0 unspecified atom stereocenters. The lowest BCUT2D eigenvalue weighted by Crippen LogP contribution is -2.13. The second-order valence-corrected chi connectivity index (χ2v) is 7.15. The van der Waals surface area contributed by atoms with Gasteiger partial charge >= 0.3 is 0 Å². The SMILES string of the molecule is CCCCCCCC(=O)Nc1c(-c2ccccc2OC)nc2cc(C)ccn12. The molecule has 0 bridgehead atoms. The summed E-state index contributed by atoms with van der Waals surface area (Å²) < 4.78 is 7.45. The molecule has 3 aromatic rings. The fourth-order valence-corrected chi connectivity index (χ4v) is 3.38. The summed E-state index contributed by atoms with van der Waals surface area (Å²) in [6.07, 6.45) is 8.09. The first-order valence-electron chi connectivity index (χ1n) is 10.1. The average Bonchev–Trinajstić information content (AvgIpc) is 3.04. The Kier molecular flexibility index (Phi) is 6.69. The summed E-state index contributed by atoms with van der Waals surface area (Å²) in [6.45, 7) is 4.23. The second kappa shape index (κ2) is 9.40. The molecule has 28 heavy (non-hydrogen) atoms. The molecule has 2 aromatic heterocycles. The van der Waals surface area contributed by atoms with Crippen LogP contribution in [0.25, 0.3) is 16.9 Å². The van der Waals surface area contributed by atoms with Crippen LogP contribution in [-0.4, -0.2) is 22.4 Å². The number of unbranched alkanes of at least 4 members (excludes halogenated alkanes) is 4. The number of amides is 1. The standard InChI is InChI=1S/C23H29N3O2/c1-4-5-6-7-8-13-21(27)25-23-22(18-11-9-10-12-19(18)28-3)24-20-16-17(2)14-15-26(20)23/h9-12,14-16H,4-8,13H2,1-3H3,(H,25,27). The van der Waals surface area contributed by atoms with E-state index in [1.165, 1.54) is 19.3 Å². The van der Waals surface area contributed by atoms with E-state index in [2.05, 4.69) is 12.2 Å². The number of nitrogens with one attached hydrogen (secondary N) is 1. The number of rotatable bonds is 9. The average molecular weight is 380 g/mol. The maximum atomic E-state index is 12.6. The van der Waals surface area contributed by atoms with Gasteiger partial charge in [0.2, 0.25) is 5.91 Å². The van der Waals surface area contributed by atoms with Gasteiger partial charge in [0.25, 0.3) is 0 Å². The van der Waals surface area contributed by atoms with Gasteiger partial charge in [0.15, 0.2) is 0 Å². The number of imidazole rings is 1. The summed E-state index contributed by atoms with van der Waals surface area (Å²) in [4.78, 5) is 17.4. The third kappa shape index (κ3) is 4.53. The van der Waals surface area contributed by atoms with Gasteiger partial charge < -0.3 is 10.1 Å². The van der Waals surface area contributed by atoms with Crippen LogP contribution in [-0.2, 0) is 4.79 Å². The number of hydrogen-bond acceptors (Lipinski definition) is 3. The topological polar surface area (TPSA) is 55.6 Å². The van der Waals surface area contributed by atoms with Gasteiger partial charge in [0.1, 0.15) is 22.9 Å². The Bertz CT molecular complexity index is 946. The lowest BCUT2D eigenvalue weighted by Gasteiger charge is -2.10. The number of carbonyl (C=O) groups is 1. The molecule has 0 atom stereocenters. The number of aryl methyl sites for hydroxylation is 1. The Hall–Kier alpha value is -2.82. The fraction of sp³-hybridized carbons (Fsp3) is 0.391. The van der Waals surface area contributed by atoms with E-state index in [0.29, 0.717) is 12.2 Å². The largest absolute Gasteiger partial charge is 0.496 e. The molecule has 5 heteroatoms. The fourth-order valence-electron chi connectivity index (χ4n) is 3.38. The van der Waals surface area contributed by atoms with E-state index in [9.17, 15) is 4.79 Å². The van der Waals surface area contributed by atoms with Crippen molar-refractivity contribution in [2.75, 3.05) is 12.4 Å². The molecule has 1 aromatic carbocycles. The molecule has 0 saturated carbocycles. The zero-order valence-electron chi connectivity index (χ0n) is 17.0. The number of benzene rings is 1. The molecule has 2 heterocycles. The maximum absolute atomic E-state index is 12.6. The van der Waals surface area contributed by atoms with Crippen molar-refractivity contribution < 1.29 is 9.53 Å². The molecule has 1 amide bonds. The van der Waals surface area contributed by atoms with Gasteiger partial charge in [-0.1, -0.05) is 44.7 Å². The molecule has 0 aliphatic rings. The van der Waals surface area contributed by atoms with Crippen molar-refractivity contribution >= 4 is 17.4 Å². The molecule has 0 fully saturated rings. The van der Waals surface area contributed by atoms with Gasteiger partial charge in [-0.3, -0.25) is 9.20 Å².